The van der Waals surface area contributed by atoms with Gasteiger partial charge in [0.2, 0.25) is 0 Å². The molecule has 2 rings (SSSR count). The molecule has 0 amide bonds. The predicted molar refractivity (Wildman–Crippen MR) is 62.7 cm³/mol. The van der Waals surface area contributed by atoms with Crippen molar-refractivity contribution < 1.29 is 9.50 Å². The zero-order valence-electron chi connectivity index (χ0n) is 9.57. The van der Waals surface area contributed by atoms with Gasteiger partial charge in [-0.05, 0) is 30.2 Å². The van der Waals surface area contributed by atoms with E-state index in [4.69, 9.17) is 0 Å². The summed E-state index contributed by atoms with van der Waals surface area (Å²) < 4.78 is 15.1. The molecule has 1 aromatic carbocycles. The van der Waals surface area contributed by atoms with Gasteiger partial charge in [-0.2, -0.15) is 0 Å². The number of hydrogen-bond acceptors (Lipinski definition) is 1. The van der Waals surface area contributed by atoms with Crippen molar-refractivity contribution in [1.82, 2.24) is 4.57 Å². The van der Waals surface area contributed by atoms with Crippen molar-refractivity contribution in [1.29, 1.82) is 0 Å². The Kier molecular flexibility index (Phi) is 2.97. The molecule has 0 aliphatic carbocycles. The van der Waals surface area contributed by atoms with Crippen LogP contribution in [0, 0.1) is 11.7 Å². The van der Waals surface area contributed by atoms with Crippen LogP contribution in [0.25, 0.3) is 10.9 Å². The Balaban J connectivity index is 2.59. The summed E-state index contributed by atoms with van der Waals surface area (Å²) in [6, 6.07) is 6.58. The van der Waals surface area contributed by atoms with Crippen molar-refractivity contribution in [2.24, 2.45) is 5.92 Å². The molecule has 3 heteroatoms. The first-order valence-corrected chi connectivity index (χ1v) is 5.50. The first-order valence-electron chi connectivity index (χ1n) is 5.50. The monoisotopic (exact) mass is 221 g/mol. The molecule has 2 nitrogen and oxygen atoms in total. The number of rotatable bonds is 3. The molecule has 0 saturated carbocycles. The second kappa shape index (κ2) is 4.26. The minimum atomic E-state index is -0.237. The van der Waals surface area contributed by atoms with Gasteiger partial charge in [0, 0.05) is 23.1 Å². The van der Waals surface area contributed by atoms with Gasteiger partial charge in [-0.3, -0.25) is 0 Å². The van der Waals surface area contributed by atoms with E-state index in [9.17, 15) is 9.50 Å². The first kappa shape index (κ1) is 11.1. The first-order chi connectivity index (χ1) is 7.61. The van der Waals surface area contributed by atoms with E-state index in [0.717, 1.165) is 23.1 Å². The molecular weight excluding hydrogens is 205 g/mol. The average molecular weight is 221 g/mol. The second-order valence-electron chi connectivity index (χ2n) is 4.50. The van der Waals surface area contributed by atoms with Crippen LogP contribution in [0.4, 0.5) is 4.39 Å². The number of benzene rings is 1. The Morgan fingerprint density at radius 1 is 1.31 bits per heavy atom. The zero-order valence-corrected chi connectivity index (χ0v) is 9.57. The van der Waals surface area contributed by atoms with Crippen LogP contribution in [0.5, 0.6) is 0 Å². The van der Waals surface area contributed by atoms with Crippen molar-refractivity contribution in [3.8, 4) is 0 Å². The molecule has 0 atom stereocenters. The van der Waals surface area contributed by atoms with Crippen LogP contribution in [0.3, 0.4) is 0 Å². The molecular formula is C13H16FNO. The molecule has 0 aliphatic heterocycles. The van der Waals surface area contributed by atoms with E-state index in [1.165, 1.54) is 12.1 Å². The smallest absolute Gasteiger partial charge is 0.123 e. The van der Waals surface area contributed by atoms with E-state index in [0.29, 0.717) is 5.92 Å². The van der Waals surface area contributed by atoms with Gasteiger partial charge in [0.15, 0.2) is 0 Å². The van der Waals surface area contributed by atoms with Crippen molar-refractivity contribution in [3.05, 3.63) is 35.8 Å². The number of aliphatic hydroxyl groups excluding tert-OH is 1. The van der Waals surface area contributed by atoms with Crippen molar-refractivity contribution in [3.63, 3.8) is 0 Å². The van der Waals surface area contributed by atoms with Crippen molar-refractivity contribution in [2.45, 2.75) is 27.0 Å². The fourth-order valence-corrected chi connectivity index (χ4v) is 2.01. The lowest BCUT2D eigenvalue weighted by molar-refractivity contribution is 0.269. The van der Waals surface area contributed by atoms with Crippen LogP contribution in [0.15, 0.2) is 24.3 Å². The van der Waals surface area contributed by atoms with Crippen LogP contribution < -0.4 is 0 Å². The topological polar surface area (TPSA) is 25.2 Å². The molecule has 1 heterocycles. The summed E-state index contributed by atoms with van der Waals surface area (Å²) in [5, 5.41) is 10.1. The van der Waals surface area contributed by atoms with Crippen LogP contribution in [-0.4, -0.2) is 9.67 Å². The van der Waals surface area contributed by atoms with E-state index in [2.05, 4.69) is 18.4 Å². The van der Waals surface area contributed by atoms with E-state index in [1.54, 1.807) is 6.07 Å². The van der Waals surface area contributed by atoms with Gasteiger partial charge in [-0.1, -0.05) is 13.8 Å². The van der Waals surface area contributed by atoms with Gasteiger partial charge in [-0.25, -0.2) is 4.39 Å². The molecule has 0 aliphatic rings. The summed E-state index contributed by atoms with van der Waals surface area (Å²) in [5.74, 6) is 0.254. The maximum absolute atomic E-state index is 13.1. The Labute approximate surface area is 94.3 Å². The summed E-state index contributed by atoms with van der Waals surface area (Å²) in [5.41, 5.74) is 1.83. The lowest BCUT2D eigenvalue weighted by Gasteiger charge is -2.11. The minimum absolute atomic E-state index is 0.0109. The summed E-state index contributed by atoms with van der Waals surface area (Å²) in [7, 11) is 0. The molecule has 0 spiro atoms. The molecule has 1 aromatic heterocycles. The number of nitrogens with zero attached hydrogens (tertiary/aromatic N) is 1. The van der Waals surface area contributed by atoms with Crippen molar-refractivity contribution >= 4 is 10.9 Å². The van der Waals surface area contributed by atoms with Crippen LogP contribution in [0.2, 0.25) is 0 Å². The quantitative estimate of drug-likeness (QED) is 0.847. The van der Waals surface area contributed by atoms with Gasteiger partial charge in [-0.15, -0.1) is 0 Å². The Morgan fingerprint density at radius 3 is 2.69 bits per heavy atom. The van der Waals surface area contributed by atoms with Crippen LogP contribution in [-0.2, 0) is 13.2 Å². The van der Waals surface area contributed by atoms with Gasteiger partial charge in [0.1, 0.15) is 5.82 Å². The molecule has 0 fully saturated rings. The molecule has 0 radical (unpaired) electrons. The highest BCUT2D eigenvalue weighted by Gasteiger charge is 2.09. The zero-order chi connectivity index (χ0) is 11.7. The Hall–Kier alpha value is -1.35. The highest BCUT2D eigenvalue weighted by Crippen LogP contribution is 2.22. The predicted octanol–water partition coefficient (Wildman–Crippen LogP) is 2.93. The Bertz CT molecular complexity index is 502. The standard InChI is InChI=1S/C13H16FNO/c1-9(2)7-15-12(8-16)6-10-5-11(14)3-4-13(10)15/h3-6,9,16H,7-8H2,1-2H3. The number of fused-ring (bicyclic) bond motifs is 1. The number of halogens is 1. The van der Waals surface area contributed by atoms with E-state index in [1.807, 2.05) is 6.07 Å². The highest BCUT2D eigenvalue weighted by molar-refractivity contribution is 5.81. The number of hydrogen-bond donors (Lipinski definition) is 1. The molecule has 0 saturated heterocycles. The third kappa shape index (κ3) is 1.95. The van der Waals surface area contributed by atoms with Crippen molar-refractivity contribution in [2.75, 3.05) is 0 Å². The number of aromatic nitrogens is 1. The summed E-state index contributed by atoms with van der Waals surface area (Å²) in [4.78, 5) is 0. The van der Waals surface area contributed by atoms with Gasteiger partial charge in [0.05, 0.1) is 6.61 Å². The molecule has 1 N–H and O–H groups in total. The van der Waals surface area contributed by atoms with Gasteiger partial charge >= 0.3 is 0 Å². The number of aliphatic hydroxyl groups is 1. The third-order valence-corrected chi connectivity index (χ3v) is 2.66. The Morgan fingerprint density at radius 2 is 2.06 bits per heavy atom. The second-order valence-corrected chi connectivity index (χ2v) is 4.50. The fourth-order valence-electron chi connectivity index (χ4n) is 2.01. The lowest BCUT2D eigenvalue weighted by Crippen LogP contribution is -2.07. The maximum atomic E-state index is 13.1. The molecule has 16 heavy (non-hydrogen) atoms. The fraction of sp³-hybridized carbons (Fsp3) is 0.385. The summed E-state index contributed by atoms with van der Waals surface area (Å²) in [6.45, 7) is 5.07. The average Bonchev–Trinajstić information content (AvgIpc) is 2.55. The highest BCUT2D eigenvalue weighted by atomic mass is 19.1. The summed E-state index contributed by atoms with van der Waals surface area (Å²) >= 11 is 0. The van der Waals surface area contributed by atoms with E-state index >= 15 is 0 Å². The third-order valence-electron chi connectivity index (χ3n) is 2.66. The lowest BCUT2D eigenvalue weighted by atomic mass is 10.2. The van der Waals surface area contributed by atoms with Crippen LogP contribution in [0.1, 0.15) is 19.5 Å². The normalized spacial score (nSPS) is 11.6. The molecule has 0 bridgehead atoms. The van der Waals surface area contributed by atoms with E-state index in [-0.39, 0.29) is 12.4 Å². The SMILES string of the molecule is CC(C)Cn1c(CO)cc2cc(F)ccc21. The maximum Gasteiger partial charge on any atom is 0.123 e. The summed E-state index contributed by atoms with van der Waals surface area (Å²) in [6.07, 6.45) is 0. The largest absolute Gasteiger partial charge is 0.390 e. The van der Waals surface area contributed by atoms with Gasteiger partial charge in [0.25, 0.3) is 0 Å². The molecule has 2 aromatic rings. The van der Waals surface area contributed by atoms with Gasteiger partial charge < -0.3 is 9.67 Å². The van der Waals surface area contributed by atoms with Crippen LogP contribution >= 0.6 is 0 Å². The molecule has 86 valence electrons. The minimum Gasteiger partial charge on any atom is -0.390 e. The van der Waals surface area contributed by atoms with E-state index < -0.39 is 0 Å². The molecule has 0 unspecified atom stereocenters.